The quantitative estimate of drug-likeness (QED) is 0.0826. The Labute approximate surface area is 461 Å². The van der Waals surface area contributed by atoms with E-state index in [0.29, 0.717) is 55.2 Å². The van der Waals surface area contributed by atoms with Gasteiger partial charge < -0.3 is 29.5 Å². The molecule has 0 radical (unpaired) electrons. The van der Waals surface area contributed by atoms with Crippen LogP contribution in [-0.2, 0) is 48.3 Å². The summed E-state index contributed by atoms with van der Waals surface area (Å²) in [6.45, 7) is 3.60. The molecule has 0 unspecified atom stereocenters. The molecule has 2 aliphatic rings. The molecule has 2 saturated heterocycles. The van der Waals surface area contributed by atoms with Crippen LogP contribution < -0.4 is 0 Å². The minimum Gasteiger partial charge on any atom is -0.481 e. The van der Waals surface area contributed by atoms with E-state index in [9.17, 15) is 46.2 Å². The maximum Gasteiger partial charge on any atom is 0.306 e. The molecule has 0 saturated carbocycles. The fourth-order valence-electron chi connectivity index (χ4n) is 9.54. The summed E-state index contributed by atoms with van der Waals surface area (Å²) in [5, 5.41) is 20.9. The number of carbonyl (C=O) groups excluding carboxylic acids is 2. The number of aliphatic carboxylic acids is 2. The Morgan fingerprint density at radius 1 is 0.487 bits per heavy atom. The van der Waals surface area contributed by atoms with Crippen LogP contribution in [0.4, 0.5) is 0 Å². The number of morpholine rings is 2. The fraction of sp³-hybridized carbons (Fsp3) is 0.286. The average molecular weight is 1150 g/mol. The molecule has 20 heteroatoms. The molecule has 0 aromatic heterocycles. The van der Waals surface area contributed by atoms with Gasteiger partial charge in [0.2, 0.25) is 0 Å². The summed E-state index contributed by atoms with van der Waals surface area (Å²) in [6.07, 6.45) is -4.77. The van der Waals surface area contributed by atoms with Crippen molar-refractivity contribution >= 4 is 89.8 Å². The van der Waals surface area contributed by atoms with Gasteiger partial charge >= 0.3 is 11.9 Å². The van der Waals surface area contributed by atoms with Crippen molar-refractivity contribution in [2.75, 3.05) is 11.5 Å². The SMILES string of the molecule is CC[C@@H](CS(=O)(=O)c1ccccc1)N1C(=O)[C@@H](CC(=O)O)O[C@H](c2cccc(Cl)c2)[C@H]1c1ccc(Cl)cc1.CC[C@@H](CS(=O)(=O)c1ccccc1)N1C(=O)[C@H](CC(=O)O)O[C@H](c2cccc(Cl)c2)[C@H]1c1ccc(Cl)cc1. The molecule has 0 aliphatic carbocycles. The lowest BCUT2D eigenvalue weighted by Crippen LogP contribution is -2.56. The second-order valence-corrected chi connectivity index (χ2v) is 24.0. The van der Waals surface area contributed by atoms with Crippen molar-refractivity contribution in [2.24, 2.45) is 0 Å². The van der Waals surface area contributed by atoms with Gasteiger partial charge in [0.15, 0.2) is 19.7 Å². The normalized spacial score (nSPS) is 20.8. The van der Waals surface area contributed by atoms with Crippen molar-refractivity contribution in [3.05, 3.63) is 200 Å². The smallest absolute Gasteiger partial charge is 0.306 e. The van der Waals surface area contributed by atoms with Crippen molar-refractivity contribution in [3.63, 3.8) is 0 Å². The molecule has 6 aromatic rings. The number of sulfone groups is 2. The molecule has 6 aromatic carbocycles. The van der Waals surface area contributed by atoms with E-state index in [1.807, 2.05) is 0 Å². The molecule has 2 N–H and O–H groups in total. The van der Waals surface area contributed by atoms with Crippen LogP contribution in [0.2, 0.25) is 20.1 Å². The van der Waals surface area contributed by atoms with Crippen molar-refractivity contribution in [1.29, 1.82) is 0 Å². The summed E-state index contributed by atoms with van der Waals surface area (Å²) >= 11 is 24.8. The van der Waals surface area contributed by atoms with E-state index in [0.717, 1.165) is 0 Å². The number of halogens is 4. The zero-order valence-electron chi connectivity index (χ0n) is 41.1. The van der Waals surface area contributed by atoms with Crippen molar-refractivity contribution in [3.8, 4) is 0 Å². The second-order valence-electron chi connectivity index (χ2n) is 18.2. The molecule has 14 nitrogen and oxygen atoms in total. The summed E-state index contributed by atoms with van der Waals surface area (Å²) < 4.78 is 65.9. The van der Waals surface area contributed by atoms with Gasteiger partial charge in [0.1, 0.15) is 24.4 Å². The van der Waals surface area contributed by atoms with Gasteiger partial charge in [0, 0.05) is 32.2 Å². The Kier molecular flexibility index (Phi) is 19.5. The van der Waals surface area contributed by atoms with Gasteiger partial charge in [-0.25, -0.2) is 16.8 Å². The maximum atomic E-state index is 13.9. The van der Waals surface area contributed by atoms with Gasteiger partial charge in [0.05, 0.1) is 46.2 Å². The molecule has 76 heavy (non-hydrogen) atoms. The monoisotopic (exact) mass is 1150 g/mol. The third-order valence-corrected chi connectivity index (χ3v) is 17.7. The van der Waals surface area contributed by atoms with E-state index in [4.69, 9.17) is 55.9 Å². The third-order valence-electron chi connectivity index (χ3n) is 13.1. The standard InChI is InChI=1S/2C28H27Cl2NO6S/c2*1-2-22(17-38(35,36)23-9-4-3-5-10-23)31-26(18-11-13-20(29)14-12-18)27(19-7-6-8-21(30)15-19)37-24(28(31)34)16-25(32)33/h2*3-15,22,24,26-27H,2,16-17H2,1H3,(H,32,33)/t22-,24+,26+,27+;22-,24-,26+,27+/m00/s1. The lowest BCUT2D eigenvalue weighted by Gasteiger charge is -2.48. The van der Waals surface area contributed by atoms with E-state index >= 15 is 0 Å². The summed E-state index contributed by atoms with van der Waals surface area (Å²) in [5.41, 5.74) is 2.59. The molecule has 8 rings (SSSR count). The van der Waals surface area contributed by atoms with Crippen LogP contribution in [0, 0.1) is 0 Å². The molecule has 2 fully saturated rings. The van der Waals surface area contributed by atoms with Crippen LogP contribution in [0.3, 0.4) is 0 Å². The van der Waals surface area contributed by atoms with Crippen LogP contribution in [0.15, 0.2) is 168 Å². The minimum absolute atomic E-state index is 0.149. The van der Waals surface area contributed by atoms with Gasteiger partial charge in [0.25, 0.3) is 11.8 Å². The van der Waals surface area contributed by atoms with Crippen molar-refractivity contribution in [2.45, 2.75) is 97.9 Å². The molecule has 8 atom stereocenters. The van der Waals surface area contributed by atoms with Gasteiger partial charge in [-0.05, 0) is 108 Å². The Morgan fingerprint density at radius 2 is 0.829 bits per heavy atom. The largest absolute Gasteiger partial charge is 0.481 e. The van der Waals surface area contributed by atoms with Crippen molar-refractivity contribution in [1.82, 2.24) is 9.80 Å². The van der Waals surface area contributed by atoms with Gasteiger partial charge in [-0.15, -0.1) is 0 Å². The molecular formula is C56H54Cl4N2O12S2. The Hall–Kier alpha value is -5.82. The number of amides is 2. The van der Waals surface area contributed by atoms with E-state index in [-0.39, 0.29) is 21.3 Å². The van der Waals surface area contributed by atoms with E-state index in [1.54, 1.807) is 147 Å². The predicted molar refractivity (Wildman–Crippen MR) is 290 cm³/mol. The van der Waals surface area contributed by atoms with Crippen LogP contribution in [0.25, 0.3) is 0 Å². The number of carbonyl (C=O) groups is 4. The average Bonchev–Trinajstić information content (AvgIpc) is 3.43. The predicted octanol–water partition coefficient (Wildman–Crippen LogP) is 11.5. The molecule has 2 amide bonds. The highest BCUT2D eigenvalue weighted by Crippen LogP contribution is 2.47. The Morgan fingerprint density at radius 3 is 1.13 bits per heavy atom. The highest BCUT2D eigenvalue weighted by Gasteiger charge is 2.49. The third kappa shape index (κ3) is 14.0. The summed E-state index contributed by atoms with van der Waals surface area (Å²) in [7, 11) is -7.56. The van der Waals surface area contributed by atoms with Crippen LogP contribution >= 0.6 is 46.4 Å². The van der Waals surface area contributed by atoms with Gasteiger partial charge in [-0.1, -0.05) is 145 Å². The zero-order valence-corrected chi connectivity index (χ0v) is 45.7. The first-order chi connectivity index (χ1) is 36.2. The number of carboxylic acid groups (broad SMARTS) is 2. The fourth-order valence-corrected chi connectivity index (χ4v) is 13.5. The van der Waals surface area contributed by atoms with Crippen molar-refractivity contribution < 1.29 is 55.7 Å². The number of hydrogen-bond donors (Lipinski definition) is 2. The summed E-state index contributed by atoms with van der Waals surface area (Å²) in [4.78, 5) is 54.4. The number of nitrogens with zero attached hydrogens (tertiary/aromatic N) is 2. The lowest BCUT2D eigenvalue weighted by molar-refractivity contribution is -0.182. The number of ether oxygens (including phenoxy) is 2. The minimum atomic E-state index is -3.78. The first-order valence-electron chi connectivity index (χ1n) is 24.2. The second kappa shape index (κ2) is 25.6. The van der Waals surface area contributed by atoms with Crippen LogP contribution in [0.1, 0.15) is 86.1 Å². The van der Waals surface area contributed by atoms with Crippen LogP contribution in [-0.4, -0.2) is 96.4 Å². The highest BCUT2D eigenvalue weighted by molar-refractivity contribution is 7.91. The molecule has 400 valence electrons. The number of hydrogen-bond acceptors (Lipinski definition) is 10. The molecule has 2 heterocycles. The number of rotatable bonds is 18. The lowest BCUT2D eigenvalue weighted by atomic mass is 9.89. The molecular weight excluding hydrogens is 1100 g/mol. The number of benzene rings is 6. The van der Waals surface area contributed by atoms with Gasteiger partial charge in [-0.2, -0.15) is 0 Å². The highest BCUT2D eigenvalue weighted by atomic mass is 35.5. The Balaban J connectivity index is 0.000000221. The first-order valence-corrected chi connectivity index (χ1v) is 29.0. The van der Waals surface area contributed by atoms with E-state index in [2.05, 4.69) is 0 Å². The summed E-state index contributed by atoms with van der Waals surface area (Å²) in [5.74, 6) is -4.26. The molecule has 0 spiro atoms. The molecule has 2 aliphatic heterocycles. The Bertz CT molecular complexity index is 3010. The summed E-state index contributed by atoms with van der Waals surface area (Å²) in [6, 6.07) is 40.6. The first kappa shape index (κ1) is 57.9. The maximum absolute atomic E-state index is 13.9. The molecule has 0 bridgehead atoms. The van der Waals surface area contributed by atoms with E-state index < -0.39 is 105 Å². The topological polar surface area (TPSA) is 202 Å². The van der Waals surface area contributed by atoms with Crippen LogP contribution in [0.5, 0.6) is 0 Å². The van der Waals surface area contributed by atoms with Gasteiger partial charge in [-0.3, -0.25) is 19.2 Å². The zero-order chi connectivity index (χ0) is 54.9. The number of carboxylic acids is 2. The van der Waals surface area contributed by atoms with E-state index in [1.165, 1.54) is 34.1 Å².